The molecule has 1 aromatic carbocycles. The summed E-state index contributed by atoms with van der Waals surface area (Å²) in [5, 5.41) is 0. The van der Waals surface area contributed by atoms with Crippen molar-refractivity contribution in [1.82, 2.24) is 0 Å². The highest BCUT2D eigenvalue weighted by Gasteiger charge is 2.30. The van der Waals surface area contributed by atoms with Crippen LogP contribution < -0.4 is 0 Å². The van der Waals surface area contributed by atoms with Gasteiger partial charge in [0.05, 0.1) is 17.7 Å². The molecule has 0 saturated carbocycles. The third-order valence-electron chi connectivity index (χ3n) is 2.93. The van der Waals surface area contributed by atoms with Crippen molar-refractivity contribution in [3.05, 3.63) is 35.4 Å². The molecule has 0 fully saturated rings. The molecule has 0 atom stereocenters. The Bertz CT molecular complexity index is 410. The molecule has 0 aliphatic heterocycles. The summed E-state index contributed by atoms with van der Waals surface area (Å²) < 4.78 is 42.1. The first-order valence-corrected chi connectivity index (χ1v) is 6.79. The lowest BCUT2D eigenvalue weighted by atomic mass is 10.1. The van der Waals surface area contributed by atoms with Crippen molar-refractivity contribution in [3.63, 3.8) is 0 Å². The average Bonchev–Trinajstić information content (AvgIpc) is 2.41. The van der Waals surface area contributed by atoms with Crippen molar-refractivity contribution >= 4 is 5.97 Å². The molecule has 1 aromatic rings. The number of ether oxygens (including phenoxy) is 1. The fourth-order valence-corrected chi connectivity index (χ4v) is 1.75. The fraction of sp³-hybridized carbons (Fsp3) is 0.533. The molecule has 0 amide bonds. The first-order valence-electron chi connectivity index (χ1n) is 6.79. The van der Waals surface area contributed by atoms with Gasteiger partial charge in [-0.25, -0.2) is 4.79 Å². The molecule has 5 heteroatoms. The lowest BCUT2D eigenvalue weighted by Gasteiger charge is -2.08. The Hall–Kier alpha value is -1.52. The van der Waals surface area contributed by atoms with Gasteiger partial charge >= 0.3 is 12.1 Å². The molecular formula is C15H19F3O2. The van der Waals surface area contributed by atoms with E-state index in [2.05, 4.69) is 6.92 Å². The minimum atomic E-state index is -4.39. The monoisotopic (exact) mass is 288 g/mol. The van der Waals surface area contributed by atoms with Crippen molar-refractivity contribution < 1.29 is 22.7 Å². The van der Waals surface area contributed by atoms with Gasteiger partial charge in [0, 0.05) is 0 Å². The number of benzene rings is 1. The molecular weight excluding hydrogens is 269 g/mol. The summed E-state index contributed by atoms with van der Waals surface area (Å²) in [7, 11) is 0. The summed E-state index contributed by atoms with van der Waals surface area (Å²) in [5.74, 6) is -0.575. The Labute approximate surface area is 116 Å². The van der Waals surface area contributed by atoms with Gasteiger partial charge in [-0.1, -0.05) is 32.6 Å². The second kappa shape index (κ2) is 7.92. The molecule has 0 radical (unpaired) electrons. The fourth-order valence-electron chi connectivity index (χ4n) is 1.75. The Balaban J connectivity index is 2.37. The number of rotatable bonds is 7. The van der Waals surface area contributed by atoms with E-state index in [1.165, 1.54) is 0 Å². The van der Waals surface area contributed by atoms with E-state index < -0.39 is 17.7 Å². The molecule has 20 heavy (non-hydrogen) atoms. The number of alkyl halides is 3. The molecule has 0 bridgehead atoms. The van der Waals surface area contributed by atoms with Gasteiger partial charge < -0.3 is 4.74 Å². The largest absolute Gasteiger partial charge is 0.462 e. The lowest BCUT2D eigenvalue weighted by molar-refractivity contribution is -0.137. The number of halogens is 3. The molecule has 0 unspecified atom stereocenters. The Kier molecular flexibility index (Phi) is 6.55. The van der Waals surface area contributed by atoms with E-state index in [9.17, 15) is 18.0 Å². The Morgan fingerprint density at radius 3 is 2.20 bits per heavy atom. The zero-order valence-electron chi connectivity index (χ0n) is 11.5. The van der Waals surface area contributed by atoms with Crippen LogP contribution in [0.3, 0.4) is 0 Å². The van der Waals surface area contributed by atoms with Crippen LogP contribution in [0.2, 0.25) is 0 Å². The number of unbranched alkanes of at least 4 members (excludes halogenated alkanes) is 4. The maximum Gasteiger partial charge on any atom is 0.416 e. The van der Waals surface area contributed by atoms with Gasteiger partial charge in [-0.05, 0) is 30.7 Å². The molecule has 0 aliphatic carbocycles. The lowest BCUT2D eigenvalue weighted by Crippen LogP contribution is -2.08. The summed E-state index contributed by atoms with van der Waals surface area (Å²) >= 11 is 0. The van der Waals surface area contributed by atoms with E-state index in [0.717, 1.165) is 56.4 Å². The highest BCUT2D eigenvalue weighted by molar-refractivity contribution is 5.89. The molecule has 0 N–H and O–H groups in total. The Morgan fingerprint density at radius 2 is 1.65 bits per heavy atom. The minimum absolute atomic E-state index is 0.145. The summed E-state index contributed by atoms with van der Waals surface area (Å²) in [5.41, 5.74) is -0.625. The van der Waals surface area contributed by atoms with Crippen molar-refractivity contribution in [2.75, 3.05) is 6.61 Å². The minimum Gasteiger partial charge on any atom is -0.462 e. The summed E-state index contributed by atoms with van der Waals surface area (Å²) in [6, 6.07) is 4.06. The molecule has 0 spiro atoms. The van der Waals surface area contributed by atoms with Crippen molar-refractivity contribution in [2.24, 2.45) is 0 Å². The summed E-state index contributed by atoms with van der Waals surface area (Å²) in [6.45, 7) is 2.42. The highest BCUT2D eigenvalue weighted by Crippen LogP contribution is 2.29. The smallest absolute Gasteiger partial charge is 0.416 e. The third-order valence-corrected chi connectivity index (χ3v) is 2.93. The first kappa shape index (κ1) is 16.5. The van der Waals surface area contributed by atoms with E-state index in [1.54, 1.807) is 0 Å². The zero-order valence-corrected chi connectivity index (χ0v) is 11.5. The van der Waals surface area contributed by atoms with E-state index in [4.69, 9.17) is 4.74 Å². The number of esters is 1. The number of hydrogen-bond acceptors (Lipinski definition) is 2. The Morgan fingerprint density at radius 1 is 1.05 bits per heavy atom. The molecule has 0 saturated heterocycles. The topological polar surface area (TPSA) is 26.3 Å². The maximum absolute atomic E-state index is 12.4. The second-order valence-corrected chi connectivity index (χ2v) is 4.63. The van der Waals surface area contributed by atoms with Gasteiger partial charge in [0.15, 0.2) is 0 Å². The van der Waals surface area contributed by atoms with Crippen LogP contribution in [0.5, 0.6) is 0 Å². The second-order valence-electron chi connectivity index (χ2n) is 4.63. The van der Waals surface area contributed by atoms with Crippen molar-refractivity contribution in [3.8, 4) is 0 Å². The van der Waals surface area contributed by atoms with Crippen LogP contribution in [0.1, 0.15) is 54.9 Å². The average molecular weight is 288 g/mol. The van der Waals surface area contributed by atoms with Crippen LogP contribution in [-0.2, 0) is 10.9 Å². The van der Waals surface area contributed by atoms with Crippen LogP contribution in [-0.4, -0.2) is 12.6 Å². The van der Waals surface area contributed by atoms with Gasteiger partial charge in [-0.2, -0.15) is 13.2 Å². The predicted molar refractivity (Wildman–Crippen MR) is 70.5 cm³/mol. The molecule has 2 nitrogen and oxygen atoms in total. The van der Waals surface area contributed by atoms with Crippen LogP contribution >= 0.6 is 0 Å². The molecule has 0 heterocycles. The van der Waals surface area contributed by atoms with Crippen molar-refractivity contribution in [1.29, 1.82) is 0 Å². The quantitative estimate of drug-likeness (QED) is 0.530. The normalized spacial score (nSPS) is 11.4. The van der Waals surface area contributed by atoms with Crippen LogP contribution in [0.4, 0.5) is 13.2 Å². The number of hydrogen-bond donors (Lipinski definition) is 0. The SMILES string of the molecule is CCCCCCCOC(=O)c1ccc(C(F)(F)F)cc1. The molecule has 0 aromatic heterocycles. The van der Waals surface area contributed by atoms with E-state index in [1.807, 2.05) is 0 Å². The number of carbonyl (C=O) groups is 1. The zero-order chi connectivity index (χ0) is 15.0. The number of carbonyl (C=O) groups excluding carboxylic acids is 1. The van der Waals surface area contributed by atoms with E-state index in [-0.39, 0.29) is 5.56 Å². The molecule has 1 rings (SSSR count). The van der Waals surface area contributed by atoms with Gasteiger partial charge in [-0.3, -0.25) is 0 Å². The van der Waals surface area contributed by atoms with E-state index >= 15 is 0 Å². The van der Waals surface area contributed by atoms with E-state index in [0.29, 0.717) is 6.61 Å². The van der Waals surface area contributed by atoms with Crippen LogP contribution in [0, 0.1) is 0 Å². The standard InChI is InChI=1S/C15H19F3O2/c1-2-3-4-5-6-11-20-14(19)12-7-9-13(10-8-12)15(16,17)18/h7-10H,2-6,11H2,1H3. The highest BCUT2D eigenvalue weighted by atomic mass is 19.4. The third kappa shape index (κ3) is 5.63. The van der Waals surface area contributed by atoms with Gasteiger partial charge in [0.2, 0.25) is 0 Å². The predicted octanol–water partition coefficient (Wildman–Crippen LogP) is 4.83. The molecule has 112 valence electrons. The van der Waals surface area contributed by atoms with Crippen LogP contribution in [0.25, 0.3) is 0 Å². The summed E-state index contributed by atoms with van der Waals surface area (Å²) in [6.07, 6.45) is 0.800. The first-order chi connectivity index (χ1) is 9.45. The van der Waals surface area contributed by atoms with Gasteiger partial charge in [0.1, 0.15) is 0 Å². The van der Waals surface area contributed by atoms with Gasteiger partial charge in [-0.15, -0.1) is 0 Å². The van der Waals surface area contributed by atoms with Crippen LogP contribution in [0.15, 0.2) is 24.3 Å². The molecule has 0 aliphatic rings. The van der Waals surface area contributed by atoms with Crippen molar-refractivity contribution in [2.45, 2.75) is 45.2 Å². The van der Waals surface area contributed by atoms with Gasteiger partial charge in [0.25, 0.3) is 0 Å². The maximum atomic E-state index is 12.4. The summed E-state index contributed by atoms with van der Waals surface area (Å²) in [4.78, 5) is 11.6.